The Balaban J connectivity index is 2.46. The molecule has 0 fully saturated rings. The van der Waals surface area contributed by atoms with Crippen molar-refractivity contribution < 1.29 is 9.90 Å². The van der Waals surface area contributed by atoms with Crippen molar-refractivity contribution >= 4 is 17.5 Å². The second kappa shape index (κ2) is 3.07. The quantitative estimate of drug-likeness (QED) is 0.744. The van der Waals surface area contributed by atoms with Crippen LogP contribution in [0.3, 0.4) is 0 Å². The molecule has 0 aliphatic carbocycles. The first-order chi connectivity index (χ1) is 6.18. The summed E-state index contributed by atoms with van der Waals surface area (Å²) >= 11 is 1.68. The smallest absolute Gasteiger partial charge is 0.138 e. The summed E-state index contributed by atoms with van der Waals surface area (Å²) in [7, 11) is 0. The number of phenols is 1. The van der Waals surface area contributed by atoms with Gasteiger partial charge >= 0.3 is 0 Å². The molecule has 1 aromatic rings. The zero-order valence-corrected chi connectivity index (χ0v) is 8.10. The van der Waals surface area contributed by atoms with E-state index >= 15 is 0 Å². The van der Waals surface area contributed by atoms with E-state index < -0.39 is 0 Å². The van der Waals surface area contributed by atoms with Crippen LogP contribution in [0.4, 0.5) is 0 Å². The van der Waals surface area contributed by atoms with E-state index in [2.05, 4.69) is 0 Å². The van der Waals surface area contributed by atoms with E-state index in [4.69, 9.17) is 0 Å². The number of hydrogen-bond donors (Lipinski definition) is 1. The standard InChI is InChI=1S/C10H10O2S/c1-6(11)9-5-13-10-3-2-7(12)4-8(9)10/h2-4,9,12H,5H2,1H3. The lowest BCUT2D eigenvalue weighted by Gasteiger charge is -2.05. The van der Waals surface area contributed by atoms with Gasteiger partial charge in [-0.2, -0.15) is 0 Å². The number of thioether (sulfide) groups is 1. The maximum absolute atomic E-state index is 11.2. The van der Waals surface area contributed by atoms with Crippen LogP contribution >= 0.6 is 11.8 Å². The summed E-state index contributed by atoms with van der Waals surface area (Å²) in [5, 5.41) is 9.28. The molecular formula is C10H10O2S. The van der Waals surface area contributed by atoms with Gasteiger partial charge in [-0.1, -0.05) is 0 Å². The Morgan fingerprint density at radius 3 is 3.08 bits per heavy atom. The van der Waals surface area contributed by atoms with E-state index in [1.54, 1.807) is 30.8 Å². The number of carbonyl (C=O) groups excluding carboxylic acids is 1. The van der Waals surface area contributed by atoms with Crippen molar-refractivity contribution in [2.24, 2.45) is 0 Å². The summed E-state index contributed by atoms with van der Waals surface area (Å²) < 4.78 is 0. The third-order valence-corrected chi connectivity index (χ3v) is 3.45. The number of hydrogen-bond acceptors (Lipinski definition) is 3. The third kappa shape index (κ3) is 1.44. The fourth-order valence-electron chi connectivity index (χ4n) is 1.54. The van der Waals surface area contributed by atoms with Crippen LogP contribution in [-0.4, -0.2) is 16.6 Å². The Morgan fingerprint density at radius 2 is 2.38 bits per heavy atom. The van der Waals surface area contributed by atoms with Gasteiger partial charge in [0.2, 0.25) is 0 Å². The molecule has 1 unspecified atom stereocenters. The highest BCUT2D eigenvalue weighted by Gasteiger charge is 2.26. The zero-order chi connectivity index (χ0) is 9.42. The lowest BCUT2D eigenvalue weighted by molar-refractivity contribution is -0.117. The van der Waals surface area contributed by atoms with Gasteiger partial charge in [-0.15, -0.1) is 11.8 Å². The number of carbonyl (C=O) groups is 1. The first-order valence-corrected chi connectivity index (χ1v) is 5.13. The predicted octanol–water partition coefficient (Wildman–Crippen LogP) is 2.17. The van der Waals surface area contributed by atoms with E-state index in [-0.39, 0.29) is 17.5 Å². The number of aromatic hydroxyl groups is 1. The van der Waals surface area contributed by atoms with Gasteiger partial charge in [-0.25, -0.2) is 0 Å². The highest BCUT2D eigenvalue weighted by molar-refractivity contribution is 7.99. The van der Waals surface area contributed by atoms with E-state index in [9.17, 15) is 9.90 Å². The molecule has 1 aliphatic heterocycles. The molecule has 68 valence electrons. The van der Waals surface area contributed by atoms with Crippen LogP contribution in [0.5, 0.6) is 5.75 Å². The average molecular weight is 194 g/mol. The number of phenolic OH excluding ortho intramolecular Hbond substituents is 1. The molecule has 1 aliphatic rings. The van der Waals surface area contributed by atoms with E-state index in [1.807, 2.05) is 6.07 Å². The van der Waals surface area contributed by atoms with Crippen LogP contribution in [0.15, 0.2) is 23.1 Å². The molecule has 0 radical (unpaired) electrons. The minimum absolute atomic E-state index is 0.0212. The number of fused-ring (bicyclic) bond motifs is 1. The normalized spacial score (nSPS) is 19.9. The van der Waals surface area contributed by atoms with Gasteiger partial charge in [0.25, 0.3) is 0 Å². The second-order valence-corrected chi connectivity index (χ2v) is 4.26. The summed E-state index contributed by atoms with van der Waals surface area (Å²) in [4.78, 5) is 12.3. The van der Waals surface area contributed by atoms with Crippen LogP contribution in [0.1, 0.15) is 18.4 Å². The van der Waals surface area contributed by atoms with Crippen LogP contribution in [0.25, 0.3) is 0 Å². The van der Waals surface area contributed by atoms with Crippen LogP contribution in [-0.2, 0) is 4.79 Å². The molecule has 0 spiro atoms. The molecular weight excluding hydrogens is 184 g/mol. The summed E-state index contributed by atoms with van der Waals surface area (Å²) in [5.41, 5.74) is 0.984. The minimum atomic E-state index is -0.0212. The first kappa shape index (κ1) is 8.63. The van der Waals surface area contributed by atoms with Crippen LogP contribution in [0.2, 0.25) is 0 Å². The summed E-state index contributed by atoms with van der Waals surface area (Å²) in [6, 6.07) is 5.23. The van der Waals surface area contributed by atoms with Crippen molar-refractivity contribution in [1.29, 1.82) is 0 Å². The second-order valence-electron chi connectivity index (χ2n) is 3.20. The Kier molecular flexibility index (Phi) is 2.04. The van der Waals surface area contributed by atoms with Crippen LogP contribution in [0, 0.1) is 0 Å². The van der Waals surface area contributed by atoms with Gasteiger partial charge in [0.1, 0.15) is 11.5 Å². The largest absolute Gasteiger partial charge is 0.508 e. The van der Waals surface area contributed by atoms with Gasteiger partial charge in [-0.3, -0.25) is 4.79 Å². The summed E-state index contributed by atoms with van der Waals surface area (Å²) in [5.74, 6) is 1.21. The van der Waals surface area contributed by atoms with Crippen molar-refractivity contribution in [1.82, 2.24) is 0 Å². The summed E-state index contributed by atoms with van der Waals surface area (Å²) in [6.45, 7) is 1.60. The Bertz CT molecular complexity index is 360. The number of ketones is 1. The van der Waals surface area contributed by atoms with E-state index in [0.29, 0.717) is 0 Å². The van der Waals surface area contributed by atoms with Crippen molar-refractivity contribution in [2.75, 3.05) is 5.75 Å². The fourth-order valence-corrected chi connectivity index (χ4v) is 2.83. The average Bonchev–Trinajstić information content (AvgIpc) is 2.46. The Morgan fingerprint density at radius 1 is 1.62 bits per heavy atom. The Hall–Kier alpha value is -0.960. The zero-order valence-electron chi connectivity index (χ0n) is 7.28. The van der Waals surface area contributed by atoms with Crippen molar-refractivity contribution in [3.63, 3.8) is 0 Å². The molecule has 1 heterocycles. The monoisotopic (exact) mass is 194 g/mol. The minimum Gasteiger partial charge on any atom is -0.508 e. The molecule has 0 bridgehead atoms. The number of rotatable bonds is 1. The van der Waals surface area contributed by atoms with Crippen molar-refractivity contribution in [2.45, 2.75) is 17.7 Å². The highest BCUT2D eigenvalue weighted by Crippen LogP contribution is 2.41. The summed E-state index contributed by atoms with van der Waals surface area (Å²) in [6.07, 6.45) is 0. The molecule has 13 heavy (non-hydrogen) atoms. The molecule has 0 saturated heterocycles. The lowest BCUT2D eigenvalue weighted by atomic mass is 9.98. The molecule has 2 nitrogen and oxygen atoms in total. The molecule has 1 aromatic carbocycles. The number of Topliss-reactive ketones (excluding diaryl/α,β-unsaturated/α-hetero) is 1. The molecule has 1 atom stereocenters. The molecule has 1 N–H and O–H groups in total. The van der Waals surface area contributed by atoms with Crippen molar-refractivity contribution in [3.05, 3.63) is 23.8 Å². The maximum atomic E-state index is 11.2. The topological polar surface area (TPSA) is 37.3 Å². The van der Waals surface area contributed by atoms with Gasteiger partial charge < -0.3 is 5.11 Å². The lowest BCUT2D eigenvalue weighted by Crippen LogP contribution is -2.07. The molecule has 0 saturated carbocycles. The number of benzene rings is 1. The first-order valence-electron chi connectivity index (χ1n) is 4.14. The molecule has 2 rings (SSSR count). The van der Waals surface area contributed by atoms with Gasteiger partial charge in [0.15, 0.2) is 0 Å². The maximum Gasteiger partial charge on any atom is 0.138 e. The fraction of sp³-hybridized carbons (Fsp3) is 0.300. The predicted molar refractivity (Wildman–Crippen MR) is 52.3 cm³/mol. The van der Waals surface area contributed by atoms with Crippen LogP contribution < -0.4 is 0 Å². The van der Waals surface area contributed by atoms with E-state index in [1.165, 1.54) is 0 Å². The van der Waals surface area contributed by atoms with Gasteiger partial charge in [0.05, 0.1) is 5.92 Å². The van der Waals surface area contributed by atoms with Crippen molar-refractivity contribution in [3.8, 4) is 5.75 Å². The van der Waals surface area contributed by atoms with Gasteiger partial charge in [-0.05, 0) is 30.7 Å². The van der Waals surface area contributed by atoms with E-state index in [0.717, 1.165) is 16.2 Å². The molecule has 0 aromatic heterocycles. The highest BCUT2D eigenvalue weighted by atomic mass is 32.2. The third-order valence-electron chi connectivity index (χ3n) is 2.27. The SMILES string of the molecule is CC(=O)C1CSc2ccc(O)cc21. The molecule has 3 heteroatoms. The van der Waals surface area contributed by atoms with Gasteiger partial charge in [0, 0.05) is 10.6 Å². The molecule has 0 amide bonds. The Labute approximate surface area is 81.0 Å².